The van der Waals surface area contributed by atoms with Crippen LogP contribution in [0.1, 0.15) is 43.5 Å². The molecule has 4 heterocycles. The van der Waals surface area contributed by atoms with Gasteiger partial charge in [0.25, 0.3) is 0 Å². The van der Waals surface area contributed by atoms with E-state index in [0.29, 0.717) is 22.0 Å². The van der Waals surface area contributed by atoms with Gasteiger partial charge in [0, 0.05) is 31.9 Å². The maximum absolute atomic E-state index is 15.9. The van der Waals surface area contributed by atoms with Crippen molar-refractivity contribution < 1.29 is 23.6 Å². The molecule has 0 radical (unpaired) electrons. The molecule has 10 nitrogen and oxygen atoms in total. The molecule has 1 amide bonds. The van der Waals surface area contributed by atoms with E-state index in [-0.39, 0.29) is 54.7 Å². The Morgan fingerprint density at radius 2 is 1.95 bits per heavy atom. The number of anilines is 2. The monoisotopic (exact) mass is 576 g/mol. The summed E-state index contributed by atoms with van der Waals surface area (Å²) in [6, 6.07) is 1.33. The number of pyridine rings is 1. The van der Waals surface area contributed by atoms with Crippen LogP contribution in [0.15, 0.2) is 70.9 Å². The number of carbonyl (C=O) groups excluding carboxylic acids is 2. The van der Waals surface area contributed by atoms with E-state index in [9.17, 15) is 24.0 Å². The third-order valence-corrected chi connectivity index (χ3v) is 7.52. The number of allylic oxidation sites excluding steroid dienone is 6. The topological polar surface area (TPSA) is 112 Å². The third-order valence-electron chi connectivity index (χ3n) is 7.52. The second kappa shape index (κ2) is 10.9. The summed E-state index contributed by atoms with van der Waals surface area (Å²) in [4.78, 5) is 51.0. The highest BCUT2D eigenvalue weighted by atomic mass is 19.1. The number of piperazine rings is 1. The number of hydrogen-bond donors (Lipinski definition) is 1. The molecule has 1 N–H and O–H groups in total. The summed E-state index contributed by atoms with van der Waals surface area (Å²) >= 11 is 0. The van der Waals surface area contributed by atoms with E-state index in [4.69, 9.17) is 0 Å². The number of fused-ring (bicyclic) bond motifs is 1. The van der Waals surface area contributed by atoms with Crippen molar-refractivity contribution >= 4 is 29.4 Å². The van der Waals surface area contributed by atoms with Gasteiger partial charge in [-0.2, -0.15) is 4.98 Å². The molecule has 42 heavy (non-hydrogen) atoms. The van der Waals surface area contributed by atoms with Crippen LogP contribution in [0.2, 0.25) is 0 Å². The lowest BCUT2D eigenvalue weighted by atomic mass is 9.98. The molecule has 5 rings (SSSR count). The summed E-state index contributed by atoms with van der Waals surface area (Å²) < 4.78 is 32.0. The van der Waals surface area contributed by atoms with Crippen molar-refractivity contribution in [1.82, 2.24) is 19.4 Å². The molecular weight excluding hydrogens is 546 g/mol. The summed E-state index contributed by atoms with van der Waals surface area (Å²) in [5, 5.41) is 12.0. The number of carbonyl (C=O) groups is 2. The van der Waals surface area contributed by atoms with Crippen LogP contribution in [0.3, 0.4) is 0 Å². The molecule has 0 aromatic carbocycles. The molecule has 2 aromatic rings. The molecule has 1 saturated heterocycles. The van der Waals surface area contributed by atoms with E-state index in [0.717, 1.165) is 22.8 Å². The first-order chi connectivity index (χ1) is 20.0. The Kier molecular flexibility index (Phi) is 7.50. The zero-order valence-corrected chi connectivity index (χ0v) is 23.6. The Labute approximate surface area is 240 Å². The van der Waals surface area contributed by atoms with Gasteiger partial charge in [0.1, 0.15) is 17.3 Å². The Morgan fingerprint density at radius 1 is 1.21 bits per heavy atom. The highest BCUT2D eigenvalue weighted by Crippen LogP contribution is 2.43. The number of rotatable bonds is 4. The summed E-state index contributed by atoms with van der Waals surface area (Å²) in [5.74, 6) is -3.55. The van der Waals surface area contributed by atoms with Gasteiger partial charge in [-0.05, 0) is 55.7 Å². The molecule has 0 spiro atoms. The first-order valence-electron chi connectivity index (χ1n) is 13.5. The molecule has 1 aliphatic carbocycles. The molecule has 218 valence electrons. The van der Waals surface area contributed by atoms with E-state index in [2.05, 4.69) is 16.5 Å². The molecule has 2 aliphatic heterocycles. The Hall–Kier alpha value is -4.71. The average molecular weight is 577 g/mol. The predicted octanol–water partition coefficient (Wildman–Crippen LogP) is 4.05. The number of ketones is 1. The van der Waals surface area contributed by atoms with Gasteiger partial charge in [0.2, 0.25) is 5.91 Å². The van der Waals surface area contributed by atoms with Gasteiger partial charge in [0.15, 0.2) is 17.4 Å². The van der Waals surface area contributed by atoms with Gasteiger partial charge >= 0.3 is 5.69 Å². The van der Waals surface area contributed by atoms with Crippen LogP contribution in [0.4, 0.5) is 20.4 Å². The van der Waals surface area contributed by atoms with Crippen LogP contribution < -0.4 is 15.7 Å². The smallest absolute Gasteiger partial charge is 0.350 e. The standard InChI is InChI=1S/C30H30F2N6O4/c1-6-23(40)35-12-13-36(18(5)15-35)28-19-14-21(32)27(24-20(31)8-7-9-22(24)39)38(42)29(19)37(30(41)34-28)26-17(4)10-11-33-25(26)16(2)3/h6-11,14,16,18,42H,1,12-13,15H2,2-5H3/b27-24-/t18-/m0/s1. The molecule has 3 aliphatic rings. The third kappa shape index (κ3) is 4.67. The quantitative estimate of drug-likeness (QED) is 0.543. The van der Waals surface area contributed by atoms with Crippen LogP contribution in [0.25, 0.3) is 11.8 Å². The fourth-order valence-corrected chi connectivity index (χ4v) is 5.52. The van der Waals surface area contributed by atoms with Crippen LogP contribution in [-0.2, 0) is 9.59 Å². The van der Waals surface area contributed by atoms with Crippen molar-refractivity contribution in [3.63, 3.8) is 0 Å². The minimum atomic E-state index is -1.10. The maximum Gasteiger partial charge on any atom is 0.355 e. The van der Waals surface area contributed by atoms with Gasteiger partial charge in [-0.15, -0.1) is 0 Å². The van der Waals surface area contributed by atoms with Gasteiger partial charge in [0.05, 0.1) is 22.5 Å². The van der Waals surface area contributed by atoms with Crippen molar-refractivity contribution in [2.75, 3.05) is 29.6 Å². The predicted molar refractivity (Wildman–Crippen MR) is 154 cm³/mol. The fraction of sp³-hybridized carbons (Fsp3) is 0.300. The number of halogens is 2. The normalized spacial score (nSPS) is 20.5. The maximum atomic E-state index is 15.9. The SMILES string of the molecule is C=CC(=O)N1CCN(c2nc(=O)n(-c3c(C)ccnc3C(C)C)c3c2C=C(F)/C(=C2/C(=O)C=CC=C2F)N3O)[C@@H](C)C1. The van der Waals surface area contributed by atoms with Crippen molar-refractivity contribution in [3.8, 4) is 5.69 Å². The lowest BCUT2D eigenvalue weighted by Crippen LogP contribution is -2.54. The van der Waals surface area contributed by atoms with Crippen molar-refractivity contribution in [2.45, 2.75) is 39.7 Å². The second-order valence-electron chi connectivity index (χ2n) is 10.6. The van der Waals surface area contributed by atoms with Gasteiger partial charge in [-0.1, -0.05) is 26.5 Å². The first-order valence-corrected chi connectivity index (χ1v) is 13.5. The van der Waals surface area contributed by atoms with E-state index in [1.54, 1.807) is 29.0 Å². The van der Waals surface area contributed by atoms with Crippen LogP contribution >= 0.6 is 0 Å². The molecule has 1 fully saturated rings. The number of hydroxylamine groups is 1. The number of nitrogens with zero attached hydrogens (tertiary/aromatic N) is 6. The number of aryl methyl sites for hydroxylation is 1. The van der Waals surface area contributed by atoms with Gasteiger partial charge in [-0.25, -0.2) is 23.2 Å². The highest BCUT2D eigenvalue weighted by Gasteiger charge is 2.38. The van der Waals surface area contributed by atoms with Crippen molar-refractivity contribution in [2.24, 2.45) is 0 Å². The Balaban J connectivity index is 1.81. The summed E-state index contributed by atoms with van der Waals surface area (Å²) in [5.41, 5.74) is -0.727. The largest absolute Gasteiger partial charge is 0.355 e. The van der Waals surface area contributed by atoms with Crippen LogP contribution in [0.5, 0.6) is 0 Å². The van der Waals surface area contributed by atoms with Crippen molar-refractivity contribution in [3.05, 3.63) is 93.4 Å². The van der Waals surface area contributed by atoms with Crippen LogP contribution in [-0.4, -0.2) is 62.0 Å². The first kappa shape index (κ1) is 28.8. The average Bonchev–Trinajstić information content (AvgIpc) is 2.94. The molecule has 1 atom stereocenters. The number of aromatic nitrogens is 3. The Bertz CT molecular complexity index is 1700. The zero-order chi connectivity index (χ0) is 30.5. The fourth-order valence-electron chi connectivity index (χ4n) is 5.52. The zero-order valence-electron chi connectivity index (χ0n) is 23.6. The minimum Gasteiger partial charge on any atom is -0.350 e. The summed E-state index contributed by atoms with van der Waals surface area (Å²) in [7, 11) is 0. The minimum absolute atomic E-state index is 0.0374. The Morgan fingerprint density at radius 3 is 2.60 bits per heavy atom. The van der Waals surface area contributed by atoms with Gasteiger partial charge in [-0.3, -0.25) is 19.8 Å². The molecule has 0 unspecified atom stereocenters. The summed E-state index contributed by atoms with van der Waals surface area (Å²) in [6.07, 6.45) is 7.08. The van der Waals surface area contributed by atoms with E-state index in [1.807, 2.05) is 20.8 Å². The van der Waals surface area contributed by atoms with Gasteiger partial charge < -0.3 is 9.80 Å². The second-order valence-corrected chi connectivity index (χ2v) is 10.6. The molecule has 0 bridgehead atoms. The molecule has 2 aromatic heterocycles. The summed E-state index contributed by atoms with van der Waals surface area (Å²) in [6.45, 7) is 11.7. The number of amides is 1. The van der Waals surface area contributed by atoms with Crippen LogP contribution in [0, 0.1) is 6.92 Å². The molecule has 12 heteroatoms. The lowest BCUT2D eigenvalue weighted by molar-refractivity contribution is -0.126. The lowest BCUT2D eigenvalue weighted by Gasteiger charge is -2.41. The van der Waals surface area contributed by atoms with E-state index >= 15 is 4.39 Å². The van der Waals surface area contributed by atoms with E-state index in [1.165, 1.54) is 12.2 Å². The number of hydrogen-bond acceptors (Lipinski definition) is 8. The highest BCUT2D eigenvalue weighted by molar-refractivity contribution is 6.10. The molecular formula is C30H30F2N6O4. The van der Waals surface area contributed by atoms with Crippen molar-refractivity contribution in [1.29, 1.82) is 0 Å². The van der Waals surface area contributed by atoms with E-state index < -0.39 is 34.4 Å². The molecule has 0 saturated carbocycles.